The van der Waals surface area contributed by atoms with Crippen molar-refractivity contribution in [1.82, 2.24) is 0 Å². The topological polar surface area (TPSA) is 79.2 Å². The molecule has 30 heavy (non-hydrogen) atoms. The van der Waals surface area contributed by atoms with E-state index in [1.807, 2.05) is 0 Å². The third-order valence-corrected chi connectivity index (χ3v) is 5.94. The van der Waals surface area contributed by atoms with Gasteiger partial charge in [-0.2, -0.15) is 0 Å². The summed E-state index contributed by atoms with van der Waals surface area (Å²) in [5.74, 6) is 0. The molecule has 4 atom stereocenters. The Hall–Kier alpha value is -0.460. The Morgan fingerprint density at radius 1 is 0.733 bits per heavy atom. The van der Waals surface area contributed by atoms with Gasteiger partial charge in [0.1, 0.15) is 24.4 Å². The zero-order valence-corrected chi connectivity index (χ0v) is 19.4. The molecule has 1 fully saturated rings. The lowest BCUT2D eigenvalue weighted by atomic mass is 10.0. The van der Waals surface area contributed by atoms with Crippen LogP contribution in [0.1, 0.15) is 103 Å². The summed E-state index contributed by atoms with van der Waals surface area (Å²) in [6.07, 6.45) is 20.4. The van der Waals surface area contributed by atoms with Gasteiger partial charge >= 0.3 is 0 Å². The Balaban J connectivity index is 1.79. The van der Waals surface area contributed by atoms with Crippen molar-refractivity contribution in [3.8, 4) is 0 Å². The zero-order chi connectivity index (χ0) is 21.9. The molecular weight excluding hydrogens is 380 g/mol. The van der Waals surface area contributed by atoms with E-state index >= 15 is 0 Å². The van der Waals surface area contributed by atoms with Crippen molar-refractivity contribution >= 4 is 0 Å². The first-order valence-electron chi connectivity index (χ1n) is 12.5. The molecule has 0 spiro atoms. The molecule has 0 unspecified atom stereocenters. The van der Waals surface area contributed by atoms with E-state index in [-0.39, 0.29) is 13.2 Å². The lowest BCUT2D eigenvalue weighted by molar-refractivity contribution is -0.199. The molecule has 0 bridgehead atoms. The molecule has 3 N–H and O–H groups in total. The molecule has 1 rings (SSSR count). The molecule has 5 heteroatoms. The van der Waals surface area contributed by atoms with Gasteiger partial charge in [-0.05, 0) is 32.1 Å². The number of hydrogen-bond acceptors (Lipinski definition) is 5. The molecule has 1 aliphatic heterocycles. The Morgan fingerprint density at radius 3 is 1.87 bits per heavy atom. The van der Waals surface area contributed by atoms with E-state index in [2.05, 4.69) is 19.1 Å². The summed E-state index contributed by atoms with van der Waals surface area (Å²) >= 11 is 0. The van der Waals surface area contributed by atoms with Gasteiger partial charge in [0, 0.05) is 6.61 Å². The van der Waals surface area contributed by atoms with Gasteiger partial charge in [-0.1, -0.05) is 83.3 Å². The number of hydrogen-bond donors (Lipinski definition) is 3. The Bertz CT molecular complexity index is 401. The van der Waals surface area contributed by atoms with Crippen LogP contribution < -0.4 is 0 Å². The molecule has 0 aromatic heterocycles. The van der Waals surface area contributed by atoms with Crippen molar-refractivity contribution in [1.29, 1.82) is 0 Å². The Morgan fingerprint density at radius 2 is 1.27 bits per heavy atom. The van der Waals surface area contributed by atoms with E-state index < -0.39 is 24.4 Å². The number of aliphatic hydroxyl groups excluding tert-OH is 3. The number of allylic oxidation sites excluding steroid dienone is 2. The van der Waals surface area contributed by atoms with Crippen LogP contribution in [0.2, 0.25) is 0 Å². The number of rotatable bonds is 19. The summed E-state index contributed by atoms with van der Waals surface area (Å²) in [6, 6.07) is 0. The summed E-state index contributed by atoms with van der Waals surface area (Å²) < 4.78 is 10.9. The fourth-order valence-electron chi connectivity index (χ4n) is 3.84. The minimum Gasteiger partial charge on any atom is -0.388 e. The third kappa shape index (κ3) is 13.8. The number of unbranched alkanes of at least 4 members (excludes halogenated alkanes) is 13. The average Bonchev–Trinajstić information content (AvgIpc) is 2.75. The van der Waals surface area contributed by atoms with E-state index in [0.717, 1.165) is 12.8 Å². The van der Waals surface area contributed by atoms with Crippen molar-refractivity contribution in [3.63, 3.8) is 0 Å². The van der Waals surface area contributed by atoms with Crippen LogP contribution in [0.3, 0.4) is 0 Å². The van der Waals surface area contributed by atoms with Crippen molar-refractivity contribution in [2.75, 3.05) is 19.8 Å². The normalized spacial score (nSPS) is 24.7. The second kappa shape index (κ2) is 19.2. The lowest BCUT2D eigenvalue weighted by Gasteiger charge is -2.35. The maximum Gasteiger partial charge on any atom is 0.111 e. The van der Waals surface area contributed by atoms with Crippen LogP contribution in [0, 0.1) is 0 Å². The van der Waals surface area contributed by atoms with Crippen molar-refractivity contribution < 1.29 is 24.8 Å². The number of aliphatic hydroxyl groups is 3. The van der Waals surface area contributed by atoms with E-state index in [1.165, 1.54) is 83.5 Å². The smallest absolute Gasteiger partial charge is 0.111 e. The molecular formula is C25H48O5. The van der Waals surface area contributed by atoms with Crippen molar-refractivity contribution in [2.45, 2.75) is 128 Å². The third-order valence-electron chi connectivity index (χ3n) is 5.94. The van der Waals surface area contributed by atoms with Crippen LogP contribution in [0.4, 0.5) is 0 Å². The first-order valence-corrected chi connectivity index (χ1v) is 12.5. The first kappa shape index (κ1) is 27.6. The summed E-state index contributed by atoms with van der Waals surface area (Å²) in [5, 5.41) is 28.9. The second-order valence-corrected chi connectivity index (χ2v) is 8.79. The molecule has 0 saturated carbocycles. The highest BCUT2D eigenvalue weighted by atomic mass is 16.6. The minimum absolute atomic E-state index is 0.0406. The van der Waals surface area contributed by atoms with Gasteiger partial charge < -0.3 is 24.8 Å². The van der Waals surface area contributed by atoms with Gasteiger partial charge in [0.05, 0.1) is 13.2 Å². The van der Waals surface area contributed by atoms with E-state index in [4.69, 9.17) is 9.47 Å². The fraction of sp³-hybridized carbons (Fsp3) is 0.920. The largest absolute Gasteiger partial charge is 0.388 e. The molecule has 0 radical (unpaired) electrons. The summed E-state index contributed by atoms with van der Waals surface area (Å²) in [4.78, 5) is 0. The van der Waals surface area contributed by atoms with Gasteiger partial charge in [-0.25, -0.2) is 0 Å². The molecule has 0 amide bonds. The maximum atomic E-state index is 9.84. The fourth-order valence-corrected chi connectivity index (χ4v) is 3.84. The SMILES string of the molecule is CCCCCCCCCCC/C=C/CCCCCCOC[C@@H]1OC[C@@H](O)[C@H](O)[C@H]1O. The molecule has 0 aromatic rings. The van der Waals surface area contributed by atoms with Crippen molar-refractivity contribution in [2.24, 2.45) is 0 Å². The minimum atomic E-state index is -1.15. The highest BCUT2D eigenvalue weighted by Gasteiger charge is 2.37. The van der Waals surface area contributed by atoms with Crippen LogP contribution in [-0.4, -0.2) is 59.6 Å². The van der Waals surface area contributed by atoms with Crippen LogP contribution in [-0.2, 0) is 9.47 Å². The van der Waals surface area contributed by atoms with Crippen LogP contribution in [0.15, 0.2) is 12.2 Å². The van der Waals surface area contributed by atoms with Gasteiger partial charge in [0.15, 0.2) is 0 Å². The highest BCUT2D eigenvalue weighted by molar-refractivity contribution is 4.86. The van der Waals surface area contributed by atoms with E-state index in [0.29, 0.717) is 6.61 Å². The van der Waals surface area contributed by atoms with E-state index in [9.17, 15) is 15.3 Å². The predicted octanol–water partition coefficient (Wildman–Crippen LogP) is 4.91. The van der Waals surface area contributed by atoms with Gasteiger partial charge in [0.2, 0.25) is 0 Å². The lowest BCUT2D eigenvalue weighted by Crippen LogP contribution is -2.54. The van der Waals surface area contributed by atoms with E-state index in [1.54, 1.807) is 0 Å². The second-order valence-electron chi connectivity index (χ2n) is 8.79. The molecule has 0 aliphatic carbocycles. The number of ether oxygens (including phenoxy) is 2. The van der Waals surface area contributed by atoms with Crippen LogP contribution >= 0.6 is 0 Å². The standard InChI is InChI=1S/C25H48O5/c1-2-3-4-5-6-7-8-9-10-11-12-13-14-15-16-17-18-19-29-21-23-25(28)24(27)22(26)20-30-23/h12-13,22-28H,2-11,14-21H2,1H3/b13-12+/t22-,23+,24+,25+/m1/s1. The van der Waals surface area contributed by atoms with Crippen LogP contribution in [0.25, 0.3) is 0 Å². The average molecular weight is 429 g/mol. The van der Waals surface area contributed by atoms with Gasteiger partial charge in [-0.3, -0.25) is 0 Å². The summed E-state index contributed by atoms with van der Waals surface area (Å²) in [6.45, 7) is 3.21. The Kier molecular flexibility index (Phi) is 17.7. The van der Waals surface area contributed by atoms with Gasteiger partial charge in [-0.15, -0.1) is 0 Å². The Labute approximate surface area is 184 Å². The molecule has 178 valence electrons. The first-order chi connectivity index (χ1) is 14.7. The van der Waals surface area contributed by atoms with Gasteiger partial charge in [0.25, 0.3) is 0 Å². The maximum absolute atomic E-state index is 9.84. The molecule has 5 nitrogen and oxygen atoms in total. The van der Waals surface area contributed by atoms with Crippen LogP contribution in [0.5, 0.6) is 0 Å². The monoisotopic (exact) mass is 428 g/mol. The summed E-state index contributed by atoms with van der Waals surface area (Å²) in [5.41, 5.74) is 0. The molecule has 1 aliphatic rings. The summed E-state index contributed by atoms with van der Waals surface area (Å²) in [7, 11) is 0. The van der Waals surface area contributed by atoms with Crippen molar-refractivity contribution in [3.05, 3.63) is 12.2 Å². The zero-order valence-electron chi connectivity index (χ0n) is 19.4. The molecule has 0 aromatic carbocycles. The highest BCUT2D eigenvalue weighted by Crippen LogP contribution is 2.16. The molecule has 1 heterocycles. The quantitative estimate of drug-likeness (QED) is 0.201. The molecule has 1 saturated heterocycles. The predicted molar refractivity (Wildman–Crippen MR) is 123 cm³/mol.